The summed E-state index contributed by atoms with van der Waals surface area (Å²) in [6.07, 6.45) is 3.14. The van der Waals surface area contributed by atoms with Crippen LogP contribution in [0.4, 0.5) is 4.39 Å². The van der Waals surface area contributed by atoms with Crippen molar-refractivity contribution >= 4 is 11.8 Å². The third kappa shape index (κ3) is 7.01. The zero-order chi connectivity index (χ0) is 28.0. The average molecular weight is 532 g/mol. The van der Waals surface area contributed by atoms with Crippen molar-refractivity contribution in [3.8, 4) is 17.1 Å². The maximum Gasteiger partial charge on any atom is 0.247 e. The first kappa shape index (κ1) is 27.4. The maximum atomic E-state index is 14.2. The number of ether oxygens (including phenoxy) is 1. The second-order valence-corrected chi connectivity index (χ2v) is 9.92. The van der Waals surface area contributed by atoms with Gasteiger partial charge in [0.2, 0.25) is 17.6 Å². The number of hydrogen-bond acceptors (Lipinski definition) is 7. The number of hydrogen-bond donors (Lipinski definition) is 1. The fraction of sp³-hybridized carbons (Fsp3) is 0.286. The van der Waals surface area contributed by atoms with E-state index < -0.39 is 23.3 Å². The third-order valence-electron chi connectivity index (χ3n) is 5.73. The molecule has 2 aromatic heterocycles. The molecule has 0 saturated heterocycles. The van der Waals surface area contributed by atoms with E-state index in [-0.39, 0.29) is 30.4 Å². The highest BCUT2D eigenvalue weighted by Gasteiger charge is 2.34. The number of benzene rings is 2. The Bertz CT molecular complexity index is 1440. The number of methoxy groups -OCH3 is 1. The molecular weight excluding hydrogens is 501 g/mol. The van der Waals surface area contributed by atoms with Crippen LogP contribution >= 0.6 is 0 Å². The number of carbonyl (C=O) groups is 2. The SMILES string of the molecule is COc1cccc(CN(C(=O)Cn2nnc(-c3ccccc3F)n2)[C@H](C(=O)NC(C)(C)C)c2ccncc2)c1. The van der Waals surface area contributed by atoms with Crippen molar-refractivity contribution in [1.82, 2.24) is 35.4 Å². The highest BCUT2D eigenvalue weighted by atomic mass is 19.1. The van der Waals surface area contributed by atoms with Crippen molar-refractivity contribution in [3.05, 3.63) is 90.0 Å². The summed E-state index contributed by atoms with van der Waals surface area (Å²) in [5.74, 6) is -0.632. The van der Waals surface area contributed by atoms with Gasteiger partial charge in [-0.2, -0.15) is 4.80 Å². The quantitative estimate of drug-likeness (QED) is 0.351. The number of pyridine rings is 1. The lowest BCUT2D eigenvalue weighted by Gasteiger charge is -2.33. The van der Waals surface area contributed by atoms with Crippen LogP contribution in [0.1, 0.15) is 37.9 Å². The van der Waals surface area contributed by atoms with Gasteiger partial charge in [0, 0.05) is 24.5 Å². The van der Waals surface area contributed by atoms with Crippen LogP contribution in [-0.4, -0.2) is 54.6 Å². The Morgan fingerprint density at radius 1 is 1.08 bits per heavy atom. The maximum absolute atomic E-state index is 14.2. The molecule has 0 radical (unpaired) electrons. The minimum atomic E-state index is -0.986. The van der Waals surface area contributed by atoms with E-state index in [2.05, 4.69) is 25.7 Å². The zero-order valence-electron chi connectivity index (χ0n) is 22.2. The van der Waals surface area contributed by atoms with Gasteiger partial charge >= 0.3 is 0 Å². The lowest BCUT2D eigenvalue weighted by atomic mass is 10.0. The fourth-order valence-electron chi connectivity index (χ4n) is 4.02. The number of amides is 2. The molecule has 0 unspecified atom stereocenters. The second kappa shape index (κ2) is 11.8. The van der Waals surface area contributed by atoms with E-state index in [1.165, 1.54) is 17.0 Å². The molecule has 0 fully saturated rings. The van der Waals surface area contributed by atoms with Gasteiger partial charge in [-0.1, -0.05) is 24.3 Å². The molecule has 0 aliphatic carbocycles. The highest BCUT2D eigenvalue weighted by molar-refractivity contribution is 5.89. The first-order chi connectivity index (χ1) is 18.6. The van der Waals surface area contributed by atoms with Gasteiger partial charge in [-0.3, -0.25) is 14.6 Å². The molecule has 4 aromatic rings. The summed E-state index contributed by atoms with van der Waals surface area (Å²) in [5, 5.41) is 15.1. The van der Waals surface area contributed by atoms with E-state index in [9.17, 15) is 14.0 Å². The minimum absolute atomic E-state index is 0.0522. The topological polar surface area (TPSA) is 115 Å². The van der Waals surface area contributed by atoms with E-state index in [1.807, 2.05) is 32.9 Å². The average Bonchev–Trinajstić information content (AvgIpc) is 3.36. The lowest BCUT2D eigenvalue weighted by molar-refractivity contribution is -0.143. The van der Waals surface area contributed by atoms with Crippen molar-refractivity contribution in [2.45, 2.75) is 45.4 Å². The van der Waals surface area contributed by atoms with Crippen molar-refractivity contribution in [2.24, 2.45) is 0 Å². The number of rotatable bonds is 9. The lowest BCUT2D eigenvalue weighted by Crippen LogP contribution is -2.49. The smallest absolute Gasteiger partial charge is 0.247 e. The van der Waals surface area contributed by atoms with E-state index in [1.54, 1.807) is 55.9 Å². The van der Waals surface area contributed by atoms with Crippen LogP contribution in [0.3, 0.4) is 0 Å². The fourth-order valence-corrected chi connectivity index (χ4v) is 4.02. The molecule has 0 spiro atoms. The van der Waals surface area contributed by atoms with Crippen LogP contribution in [-0.2, 0) is 22.7 Å². The van der Waals surface area contributed by atoms with Gasteiger partial charge in [0.1, 0.15) is 24.2 Å². The normalized spacial score (nSPS) is 12.0. The molecule has 0 aliphatic heterocycles. The molecule has 10 nitrogen and oxygen atoms in total. The molecule has 0 bridgehead atoms. The molecule has 39 heavy (non-hydrogen) atoms. The first-order valence-electron chi connectivity index (χ1n) is 12.3. The van der Waals surface area contributed by atoms with Crippen LogP contribution in [0.5, 0.6) is 5.75 Å². The molecule has 2 amide bonds. The molecular formula is C28H30FN7O3. The molecule has 1 atom stereocenters. The zero-order valence-corrected chi connectivity index (χ0v) is 22.2. The van der Waals surface area contributed by atoms with E-state index in [0.717, 1.165) is 10.4 Å². The molecule has 2 heterocycles. The Kier molecular flexibility index (Phi) is 8.28. The molecule has 202 valence electrons. The number of nitrogens with one attached hydrogen (secondary N) is 1. The number of halogens is 1. The van der Waals surface area contributed by atoms with Crippen LogP contribution in [0.2, 0.25) is 0 Å². The van der Waals surface area contributed by atoms with Gasteiger partial charge in [-0.25, -0.2) is 4.39 Å². The predicted octanol–water partition coefficient (Wildman–Crippen LogP) is 3.57. The van der Waals surface area contributed by atoms with Crippen LogP contribution < -0.4 is 10.1 Å². The van der Waals surface area contributed by atoms with Crippen LogP contribution in [0.25, 0.3) is 11.4 Å². The predicted molar refractivity (Wildman–Crippen MR) is 142 cm³/mol. The summed E-state index contributed by atoms with van der Waals surface area (Å²) in [7, 11) is 1.56. The number of aromatic nitrogens is 5. The minimum Gasteiger partial charge on any atom is -0.497 e. The van der Waals surface area contributed by atoms with Crippen molar-refractivity contribution in [3.63, 3.8) is 0 Å². The number of tetrazole rings is 1. The summed E-state index contributed by atoms with van der Waals surface area (Å²) < 4.78 is 19.6. The van der Waals surface area contributed by atoms with Gasteiger partial charge in [-0.05, 0) is 73.5 Å². The van der Waals surface area contributed by atoms with Gasteiger partial charge < -0.3 is 15.0 Å². The van der Waals surface area contributed by atoms with Crippen LogP contribution in [0, 0.1) is 5.82 Å². The molecule has 2 aromatic carbocycles. The highest BCUT2D eigenvalue weighted by Crippen LogP contribution is 2.26. The third-order valence-corrected chi connectivity index (χ3v) is 5.73. The van der Waals surface area contributed by atoms with E-state index >= 15 is 0 Å². The standard InChI is InChI=1S/C28H30FN7O3/c1-28(2,3)31-27(38)25(20-12-14-30-15-13-20)35(17-19-8-7-9-21(16-19)39-4)24(37)18-36-33-26(32-34-36)22-10-5-6-11-23(22)29/h5-16,25H,17-18H2,1-4H3,(H,31,38)/t25-/m0/s1. The van der Waals surface area contributed by atoms with Crippen molar-refractivity contribution in [2.75, 3.05) is 7.11 Å². The monoisotopic (exact) mass is 531 g/mol. The summed E-state index contributed by atoms with van der Waals surface area (Å²) >= 11 is 0. The van der Waals surface area contributed by atoms with Gasteiger partial charge in [0.25, 0.3) is 0 Å². The van der Waals surface area contributed by atoms with Crippen LogP contribution in [0.15, 0.2) is 73.1 Å². The van der Waals surface area contributed by atoms with E-state index in [4.69, 9.17) is 4.74 Å². The molecule has 11 heteroatoms. The largest absolute Gasteiger partial charge is 0.497 e. The van der Waals surface area contributed by atoms with Crippen molar-refractivity contribution in [1.29, 1.82) is 0 Å². The molecule has 0 saturated carbocycles. The Morgan fingerprint density at radius 2 is 1.82 bits per heavy atom. The van der Waals surface area contributed by atoms with Gasteiger partial charge in [-0.15, -0.1) is 10.2 Å². The molecule has 1 N–H and O–H groups in total. The summed E-state index contributed by atoms with van der Waals surface area (Å²) in [6, 6.07) is 15.7. The summed E-state index contributed by atoms with van der Waals surface area (Å²) in [5.41, 5.74) is 0.962. The summed E-state index contributed by atoms with van der Waals surface area (Å²) in [4.78, 5) is 34.1. The first-order valence-corrected chi connectivity index (χ1v) is 12.3. The molecule has 4 rings (SSSR count). The number of nitrogens with zero attached hydrogens (tertiary/aromatic N) is 6. The Hall–Kier alpha value is -4.67. The Balaban J connectivity index is 1.71. The Morgan fingerprint density at radius 3 is 2.51 bits per heavy atom. The van der Waals surface area contributed by atoms with E-state index in [0.29, 0.717) is 11.3 Å². The van der Waals surface area contributed by atoms with Crippen molar-refractivity contribution < 1.29 is 18.7 Å². The Labute approximate surface area is 225 Å². The van der Waals surface area contributed by atoms with Gasteiger partial charge in [0.15, 0.2) is 0 Å². The number of carbonyl (C=O) groups excluding carboxylic acids is 2. The molecule has 0 aliphatic rings. The van der Waals surface area contributed by atoms with Gasteiger partial charge in [0.05, 0.1) is 12.7 Å². The summed E-state index contributed by atoms with van der Waals surface area (Å²) in [6.45, 7) is 5.37. The second-order valence-electron chi connectivity index (χ2n) is 9.92.